The van der Waals surface area contributed by atoms with Crippen molar-refractivity contribution in [1.29, 1.82) is 0 Å². The second kappa shape index (κ2) is 13.8. The minimum atomic E-state index is -3.56. The van der Waals surface area contributed by atoms with Crippen molar-refractivity contribution >= 4 is 43.5 Å². The second-order valence-corrected chi connectivity index (χ2v) is 12.5. The van der Waals surface area contributed by atoms with Gasteiger partial charge in [-0.3, -0.25) is 13.9 Å². The van der Waals surface area contributed by atoms with Gasteiger partial charge in [0.25, 0.3) is 0 Å². The van der Waals surface area contributed by atoms with Gasteiger partial charge in [-0.1, -0.05) is 70.5 Å². The molecule has 0 saturated carbocycles. The van der Waals surface area contributed by atoms with Crippen LogP contribution < -0.4 is 9.62 Å². The van der Waals surface area contributed by atoms with Crippen LogP contribution in [0.25, 0.3) is 0 Å². The quantitative estimate of drug-likeness (QED) is 0.311. The van der Waals surface area contributed by atoms with Crippen molar-refractivity contribution in [3.63, 3.8) is 0 Å². The lowest BCUT2D eigenvalue weighted by atomic mass is 10.0. The van der Waals surface area contributed by atoms with E-state index >= 15 is 0 Å². The van der Waals surface area contributed by atoms with Gasteiger partial charge in [-0.2, -0.15) is 0 Å². The Morgan fingerprint density at radius 2 is 1.62 bits per heavy atom. The summed E-state index contributed by atoms with van der Waals surface area (Å²) in [7, 11) is -2.00. The zero-order chi connectivity index (χ0) is 28.6. The molecule has 39 heavy (non-hydrogen) atoms. The number of halogens is 1. The maximum atomic E-state index is 13.7. The molecule has 3 aromatic carbocycles. The average molecular weight is 615 g/mol. The molecule has 0 heterocycles. The molecular weight excluding hydrogens is 578 g/mol. The largest absolute Gasteiger partial charge is 0.357 e. The lowest BCUT2D eigenvalue weighted by Gasteiger charge is -2.32. The van der Waals surface area contributed by atoms with Gasteiger partial charge >= 0.3 is 0 Å². The number of anilines is 1. The van der Waals surface area contributed by atoms with Crippen molar-refractivity contribution in [2.45, 2.75) is 45.7 Å². The fourth-order valence-corrected chi connectivity index (χ4v) is 6.00. The summed E-state index contributed by atoms with van der Waals surface area (Å²) < 4.78 is 27.6. The Bertz CT molecular complexity index is 1400. The third-order valence-corrected chi connectivity index (χ3v) is 8.43. The van der Waals surface area contributed by atoms with Crippen LogP contribution in [0.1, 0.15) is 35.1 Å². The average Bonchev–Trinajstić information content (AvgIpc) is 2.90. The number of rotatable bonds is 12. The van der Waals surface area contributed by atoms with Crippen molar-refractivity contribution in [2.24, 2.45) is 0 Å². The predicted molar refractivity (Wildman–Crippen MR) is 160 cm³/mol. The van der Waals surface area contributed by atoms with Crippen LogP contribution >= 0.6 is 15.9 Å². The topological polar surface area (TPSA) is 86.8 Å². The highest BCUT2D eigenvalue weighted by molar-refractivity contribution is 9.10. The molecule has 1 atom stereocenters. The molecule has 0 bridgehead atoms. The van der Waals surface area contributed by atoms with E-state index in [-0.39, 0.29) is 31.3 Å². The summed E-state index contributed by atoms with van der Waals surface area (Å²) in [4.78, 5) is 28.4. The molecule has 0 unspecified atom stereocenters. The fraction of sp³-hybridized carbons (Fsp3) is 0.333. The number of hydrogen-bond donors (Lipinski definition) is 1. The van der Waals surface area contributed by atoms with Crippen LogP contribution in [0, 0.1) is 13.8 Å². The van der Waals surface area contributed by atoms with Gasteiger partial charge in [-0.15, -0.1) is 0 Å². The van der Waals surface area contributed by atoms with E-state index in [1.54, 1.807) is 18.0 Å². The van der Waals surface area contributed by atoms with E-state index in [4.69, 9.17) is 0 Å². The van der Waals surface area contributed by atoms with E-state index in [2.05, 4.69) is 21.2 Å². The van der Waals surface area contributed by atoms with Crippen molar-refractivity contribution in [2.75, 3.05) is 24.2 Å². The van der Waals surface area contributed by atoms with Crippen LogP contribution in [0.2, 0.25) is 0 Å². The number of benzene rings is 3. The number of likely N-dealkylation sites (N-methyl/N-ethyl adjacent to an activating group) is 1. The Morgan fingerprint density at radius 3 is 2.26 bits per heavy atom. The molecule has 0 saturated heterocycles. The van der Waals surface area contributed by atoms with Gasteiger partial charge < -0.3 is 10.2 Å². The van der Waals surface area contributed by atoms with E-state index in [0.717, 1.165) is 26.7 Å². The molecule has 1 N–H and O–H groups in total. The molecule has 0 aromatic heterocycles. The van der Waals surface area contributed by atoms with E-state index in [1.165, 1.54) is 10.6 Å². The summed E-state index contributed by atoms with van der Waals surface area (Å²) in [6.07, 6.45) is 1.93. The number of carbonyl (C=O) groups excluding carboxylic acids is 2. The molecule has 0 radical (unpaired) electrons. The summed E-state index contributed by atoms with van der Waals surface area (Å²) >= 11 is 3.49. The summed E-state index contributed by atoms with van der Waals surface area (Å²) in [5, 5.41) is 2.72. The maximum absolute atomic E-state index is 13.7. The normalized spacial score (nSPS) is 12.0. The minimum absolute atomic E-state index is 0.0904. The van der Waals surface area contributed by atoms with Gasteiger partial charge in [0.05, 0.1) is 11.9 Å². The molecule has 2 amide bonds. The molecule has 3 aromatic rings. The predicted octanol–water partition coefficient (Wildman–Crippen LogP) is 5.00. The molecule has 9 heteroatoms. The smallest absolute Gasteiger partial charge is 0.242 e. The third kappa shape index (κ3) is 8.41. The zero-order valence-electron chi connectivity index (χ0n) is 22.9. The molecule has 0 aliphatic heterocycles. The van der Waals surface area contributed by atoms with Crippen molar-refractivity contribution in [1.82, 2.24) is 10.2 Å². The number of sulfonamides is 1. The maximum Gasteiger partial charge on any atom is 0.242 e. The first kappa shape index (κ1) is 30.4. The first-order valence-corrected chi connectivity index (χ1v) is 15.5. The third-order valence-electron chi connectivity index (χ3n) is 6.76. The van der Waals surface area contributed by atoms with Gasteiger partial charge in [-0.25, -0.2) is 8.42 Å². The lowest BCUT2D eigenvalue weighted by molar-refractivity contribution is -0.141. The summed E-state index contributed by atoms with van der Waals surface area (Å²) in [6.45, 7) is 4.23. The molecule has 0 aliphatic rings. The summed E-state index contributed by atoms with van der Waals surface area (Å²) in [5.41, 5.74) is 4.31. The highest BCUT2D eigenvalue weighted by atomic mass is 79.9. The van der Waals surface area contributed by atoms with Crippen LogP contribution in [-0.4, -0.2) is 51.0 Å². The first-order valence-electron chi connectivity index (χ1n) is 12.8. The van der Waals surface area contributed by atoms with Gasteiger partial charge in [0.15, 0.2) is 0 Å². The second-order valence-electron chi connectivity index (χ2n) is 9.63. The van der Waals surface area contributed by atoms with Gasteiger partial charge in [0.1, 0.15) is 6.04 Å². The van der Waals surface area contributed by atoms with Crippen LogP contribution in [0.4, 0.5) is 5.69 Å². The standard InChI is InChI=1S/C30H36BrN3O4S/c1-22-11-8-16-27(23(22)2)34(39(4,37)38)18-10-17-29(35)33(21-25-14-9-15-26(31)19-25)28(30(36)32-3)20-24-12-6-5-7-13-24/h5-9,11-16,19,28H,10,17-18,20-21H2,1-4H3,(H,32,36)/t28-/m1/s1. The Kier molecular flexibility index (Phi) is 10.7. The number of nitrogens with one attached hydrogen (secondary N) is 1. The minimum Gasteiger partial charge on any atom is -0.357 e. The van der Waals surface area contributed by atoms with E-state index < -0.39 is 16.1 Å². The highest BCUT2D eigenvalue weighted by Gasteiger charge is 2.30. The number of amides is 2. The SMILES string of the molecule is CNC(=O)[C@@H](Cc1ccccc1)N(Cc1cccc(Br)c1)C(=O)CCCN(c1cccc(C)c1C)S(C)(=O)=O. The van der Waals surface area contributed by atoms with Crippen molar-refractivity contribution < 1.29 is 18.0 Å². The van der Waals surface area contributed by atoms with E-state index in [0.29, 0.717) is 18.5 Å². The zero-order valence-corrected chi connectivity index (χ0v) is 25.3. The Labute approximate surface area is 240 Å². The fourth-order valence-electron chi connectivity index (χ4n) is 4.54. The number of hydrogen-bond acceptors (Lipinski definition) is 4. The van der Waals surface area contributed by atoms with E-state index in [1.807, 2.05) is 80.6 Å². The monoisotopic (exact) mass is 613 g/mol. The van der Waals surface area contributed by atoms with Crippen molar-refractivity contribution in [3.8, 4) is 0 Å². The molecule has 208 valence electrons. The van der Waals surface area contributed by atoms with Gasteiger partial charge in [0, 0.05) is 37.5 Å². The molecular formula is C30H36BrN3O4S. The lowest BCUT2D eigenvalue weighted by Crippen LogP contribution is -2.49. The molecule has 0 aliphatic carbocycles. The summed E-state index contributed by atoms with van der Waals surface area (Å²) in [6, 6.07) is 22.1. The molecule has 0 fully saturated rings. The number of carbonyl (C=O) groups is 2. The molecule has 7 nitrogen and oxygen atoms in total. The molecule has 3 rings (SSSR count). The van der Waals surface area contributed by atoms with Gasteiger partial charge in [-0.05, 0) is 60.7 Å². The highest BCUT2D eigenvalue weighted by Crippen LogP contribution is 2.26. The Hall–Kier alpha value is -3.17. The number of nitrogens with zero attached hydrogens (tertiary/aromatic N) is 2. The van der Waals surface area contributed by atoms with Crippen molar-refractivity contribution in [3.05, 3.63) is 99.5 Å². The van der Waals surface area contributed by atoms with Crippen LogP contribution in [0.5, 0.6) is 0 Å². The number of aryl methyl sites for hydroxylation is 1. The molecule has 0 spiro atoms. The first-order chi connectivity index (χ1) is 18.5. The van der Waals surface area contributed by atoms with Crippen LogP contribution in [-0.2, 0) is 32.6 Å². The van der Waals surface area contributed by atoms with Crippen LogP contribution in [0.15, 0.2) is 77.3 Å². The van der Waals surface area contributed by atoms with Gasteiger partial charge in [0.2, 0.25) is 21.8 Å². The van der Waals surface area contributed by atoms with Crippen LogP contribution in [0.3, 0.4) is 0 Å². The Morgan fingerprint density at radius 1 is 0.949 bits per heavy atom. The Balaban J connectivity index is 1.86. The van der Waals surface area contributed by atoms with E-state index in [9.17, 15) is 18.0 Å². The summed E-state index contributed by atoms with van der Waals surface area (Å²) in [5.74, 6) is -0.468.